The number of para-hydroxylation sites is 1. The van der Waals surface area contributed by atoms with Crippen molar-refractivity contribution in [1.29, 1.82) is 0 Å². The fourth-order valence-electron chi connectivity index (χ4n) is 3.86. The summed E-state index contributed by atoms with van der Waals surface area (Å²) >= 11 is 0. The van der Waals surface area contributed by atoms with Gasteiger partial charge in [0.1, 0.15) is 24.7 Å². The van der Waals surface area contributed by atoms with Crippen molar-refractivity contribution in [3.8, 4) is 11.5 Å². The van der Waals surface area contributed by atoms with E-state index in [1.165, 1.54) is 26.4 Å². The first-order valence-electron chi connectivity index (χ1n) is 11.8. The highest BCUT2D eigenvalue weighted by Gasteiger charge is 2.28. The van der Waals surface area contributed by atoms with Crippen LogP contribution in [-0.4, -0.2) is 31.9 Å². The van der Waals surface area contributed by atoms with E-state index in [-0.39, 0.29) is 41.2 Å². The van der Waals surface area contributed by atoms with Gasteiger partial charge in [-0.25, -0.2) is 9.59 Å². The van der Waals surface area contributed by atoms with E-state index < -0.39 is 17.7 Å². The Labute approximate surface area is 220 Å². The molecule has 0 aromatic heterocycles. The number of carbonyl (C=O) groups is 3. The Morgan fingerprint density at radius 2 is 1.11 bits per heavy atom. The summed E-state index contributed by atoms with van der Waals surface area (Å²) in [5, 5.41) is 0. The highest BCUT2D eigenvalue weighted by Crippen LogP contribution is 2.32. The lowest BCUT2D eigenvalue weighted by atomic mass is 9.94. The number of rotatable bonds is 10. The van der Waals surface area contributed by atoms with E-state index in [2.05, 4.69) is 0 Å². The van der Waals surface area contributed by atoms with Crippen molar-refractivity contribution in [3.05, 3.63) is 130 Å². The van der Waals surface area contributed by atoms with Crippen LogP contribution in [0, 0.1) is 0 Å². The average Bonchev–Trinajstić information content (AvgIpc) is 2.98. The fourth-order valence-corrected chi connectivity index (χ4v) is 3.86. The predicted octanol–water partition coefficient (Wildman–Crippen LogP) is 5.65. The highest BCUT2D eigenvalue weighted by molar-refractivity contribution is 6.18. The summed E-state index contributed by atoms with van der Waals surface area (Å²) in [7, 11) is 2.42. The van der Waals surface area contributed by atoms with Gasteiger partial charge in [0.15, 0.2) is 0 Å². The zero-order chi connectivity index (χ0) is 26.9. The molecular formula is C31H26O7. The molecule has 0 spiro atoms. The maximum atomic E-state index is 14.0. The summed E-state index contributed by atoms with van der Waals surface area (Å²) in [5.74, 6) is -1.63. The number of carbonyl (C=O) groups excluding carboxylic acids is 3. The van der Waals surface area contributed by atoms with Gasteiger partial charge in [0.05, 0.1) is 36.5 Å². The standard InChI is InChI=1S/C31H26O7/c1-35-30(33)23-17-25(31(34)36-2)28(27(18-23)38-20-22-13-7-4-8-14-22)29(32)24-15-9-10-16-26(24)37-19-21-11-5-3-6-12-21/h3-18H,19-20H2,1-2H3. The molecule has 4 rings (SSSR count). The minimum atomic E-state index is -0.800. The van der Waals surface area contributed by atoms with Crippen molar-refractivity contribution in [2.45, 2.75) is 13.2 Å². The van der Waals surface area contributed by atoms with Crippen LogP contribution in [0.15, 0.2) is 97.1 Å². The van der Waals surface area contributed by atoms with E-state index in [1.54, 1.807) is 24.3 Å². The average molecular weight is 511 g/mol. The molecule has 0 aliphatic rings. The van der Waals surface area contributed by atoms with Gasteiger partial charge in [-0.3, -0.25) is 4.79 Å². The van der Waals surface area contributed by atoms with Gasteiger partial charge in [0.25, 0.3) is 0 Å². The van der Waals surface area contributed by atoms with Crippen molar-refractivity contribution in [3.63, 3.8) is 0 Å². The zero-order valence-electron chi connectivity index (χ0n) is 21.0. The highest BCUT2D eigenvalue weighted by atomic mass is 16.5. The van der Waals surface area contributed by atoms with Gasteiger partial charge in [-0.1, -0.05) is 72.8 Å². The molecule has 7 heteroatoms. The second kappa shape index (κ2) is 12.4. The lowest BCUT2D eigenvalue weighted by Gasteiger charge is -2.17. The third-order valence-corrected chi connectivity index (χ3v) is 5.76. The van der Waals surface area contributed by atoms with Crippen molar-refractivity contribution in [2.75, 3.05) is 14.2 Å². The molecule has 0 amide bonds. The summed E-state index contributed by atoms with van der Waals surface area (Å²) in [6.07, 6.45) is 0. The maximum Gasteiger partial charge on any atom is 0.338 e. The van der Waals surface area contributed by atoms with Crippen molar-refractivity contribution < 1.29 is 33.3 Å². The molecule has 0 aliphatic carbocycles. The van der Waals surface area contributed by atoms with Gasteiger partial charge >= 0.3 is 11.9 Å². The zero-order valence-corrected chi connectivity index (χ0v) is 21.0. The minimum Gasteiger partial charge on any atom is -0.488 e. The molecule has 0 unspecified atom stereocenters. The van der Waals surface area contributed by atoms with Crippen LogP contribution in [0.1, 0.15) is 47.8 Å². The molecule has 0 bridgehead atoms. The van der Waals surface area contributed by atoms with Gasteiger partial charge < -0.3 is 18.9 Å². The van der Waals surface area contributed by atoms with E-state index in [1.807, 2.05) is 60.7 Å². The molecule has 0 fully saturated rings. The van der Waals surface area contributed by atoms with E-state index >= 15 is 0 Å². The largest absolute Gasteiger partial charge is 0.488 e. The van der Waals surface area contributed by atoms with Crippen molar-refractivity contribution in [2.24, 2.45) is 0 Å². The van der Waals surface area contributed by atoms with Crippen molar-refractivity contribution >= 4 is 17.7 Å². The first-order chi connectivity index (χ1) is 18.5. The quantitative estimate of drug-likeness (QED) is 0.201. The third kappa shape index (κ3) is 6.07. The second-order valence-corrected chi connectivity index (χ2v) is 8.25. The molecule has 0 atom stereocenters. The first kappa shape index (κ1) is 26.2. The number of methoxy groups -OCH3 is 2. The molecule has 7 nitrogen and oxygen atoms in total. The molecule has 0 N–H and O–H groups in total. The normalized spacial score (nSPS) is 10.4. The monoisotopic (exact) mass is 510 g/mol. The number of benzene rings is 4. The Morgan fingerprint density at radius 3 is 1.68 bits per heavy atom. The third-order valence-electron chi connectivity index (χ3n) is 5.76. The summed E-state index contributed by atoms with van der Waals surface area (Å²) in [5.41, 5.74) is 1.86. The van der Waals surface area contributed by atoms with Crippen LogP contribution in [0.25, 0.3) is 0 Å². The molecule has 0 saturated carbocycles. The Hall–Kier alpha value is -4.91. The lowest BCUT2D eigenvalue weighted by molar-refractivity contribution is 0.0594. The Kier molecular flexibility index (Phi) is 8.51. The predicted molar refractivity (Wildman–Crippen MR) is 141 cm³/mol. The molecule has 0 heterocycles. The molecule has 4 aromatic carbocycles. The SMILES string of the molecule is COC(=O)c1cc(OCc2ccccc2)c(C(=O)c2ccccc2OCc2ccccc2)c(C(=O)OC)c1. The number of esters is 2. The Morgan fingerprint density at radius 1 is 0.579 bits per heavy atom. The second-order valence-electron chi connectivity index (χ2n) is 8.25. The molecule has 0 radical (unpaired) electrons. The molecule has 0 aliphatic heterocycles. The number of ether oxygens (including phenoxy) is 4. The van der Waals surface area contributed by atoms with Gasteiger partial charge in [-0.05, 0) is 35.4 Å². The van der Waals surface area contributed by atoms with Crippen LogP contribution >= 0.6 is 0 Å². The van der Waals surface area contributed by atoms with Crippen LogP contribution in [-0.2, 0) is 22.7 Å². The molecular weight excluding hydrogens is 484 g/mol. The number of hydrogen-bond donors (Lipinski definition) is 0. The van der Waals surface area contributed by atoms with Gasteiger partial charge in [0, 0.05) is 0 Å². The van der Waals surface area contributed by atoms with E-state index in [9.17, 15) is 14.4 Å². The van der Waals surface area contributed by atoms with Crippen LogP contribution in [0.5, 0.6) is 11.5 Å². The first-order valence-corrected chi connectivity index (χ1v) is 11.8. The topological polar surface area (TPSA) is 88.1 Å². The Balaban J connectivity index is 1.79. The molecule has 4 aromatic rings. The number of ketones is 1. The van der Waals surface area contributed by atoms with Crippen molar-refractivity contribution in [1.82, 2.24) is 0 Å². The van der Waals surface area contributed by atoms with Gasteiger partial charge in [0.2, 0.25) is 5.78 Å². The molecule has 192 valence electrons. The maximum absolute atomic E-state index is 14.0. The fraction of sp³-hybridized carbons (Fsp3) is 0.129. The summed E-state index contributed by atoms with van der Waals surface area (Å²) in [6, 6.07) is 28.3. The molecule has 38 heavy (non-hydrogen) atoms. The van der Waals surface area contributed by atoms with E-state index in [4.69, 9.17) is 18.9 Å². The summed E-state index contributed by atoms with van der Waals surface area (Å²) in [4.78, 5) is 39.3. The van der Waals surface area contributed by atoms with E-state index in [0.29, 0.717) is 5.75 Å². The van der Waals surface area contributed by atoms with Gasteiger partial charge in [-0.2, -0.15) is 0 Å². The van der Waals surface area contributed by atoms with Gasteiger partial charge in [-0.15, -0.1) is 0 Å². The minimum absolute atomic E-state index is 0.0417. The summed E-state index contributed by atoms with van der Waals surface area (Å²) in [6.45, 7) is 0.339. The van der Waals surface area contributed by atoms with Crippen LogP contribution in [0.3, 0.4) is 0 Å². The molecule has 0 saturated heterocycles. The van der Waals surface area contributed by atoms with Crippen LogP contribution in [0.2, 0.25) is 0 Å². The summed E-state index contributed by atoms with van der Waals surface area (Å²) < 4.78 is 21.8. The van der Waals surface area contributed by atoms with E-state index in [0.717, 1.165) is 11.1 Å². The smallest absolute Gasteiger partial charge is 0.338 e. The van der Waals surface area contributed by atoms with Crippen LogP contribution < -0.4 is 9.47 Å². The van der Waals surface area contributed by atoms with Crippen LogP contribution in [0.4, 0.5) is 0 Å². The number of hydrogen-bond acceptors (Lipinski definition) is 7. The Bertz CT molecular complexity index is 1430. The lowest BCUT2D eigenvalue weighted by Crippen LogP contribution is -2.17.